The van der Waals surface area contributed by atoms with E-state index in [0.29, 0.717) is 36.1 Å². The van der Waals surface area contributed by atoms with E-state index < -0.39 is 5.92 Å². The highest BCUT2D eigenvalue weighted by Crippen LogP contribution is 2.36. The lowest BCUT2D eigenvalue weighted by molar-refractivity contribution is -0.122. The molecular formula is C24H26N4O5S. The number of amides is 2. The van der Waals surface area contributed by atoms with E-state index in [1.807, 2.05) is 18.2 Å². The van der Waals surface area contributed by atoms with Crippen LogP contribution in [-0.4, -0.2) is 63.9 Å². The van der Waals surface area contributed by atoms with Crippen LogP contribution in [-0.2, 0) is 14.3 Å². The molecule has 3 aromatic rings. The first-order valence-corrected chi connectivity index (χ1v) is 11.9. The molecule has 0 bridgehead atoms. The van der Waals surface area contributed by atoms with Gasteiger partial charge in [-0.1, -0.05) is 11.3 Å². The average molecular weight is 483 g/mol. The van der Waals surface area contributed by atoms with Crippen molar-refractivity contribution >= 4 is 49.9 Å². The van der Waals surface area contributed by atoms with Gasteiger partial charge in [-0.15, -0.1) is 0 Å². The van der Waals surface area contributed by atoms with Crippen molar-refractivity contribution in [3.05, 3.63) is 36.4 Å². The van der Waals surface area contributed by atoms with Gasteiger partial charge < -0.3 is 29.3 Å². The van der Waals surface area contributed by atoms with Gasteiger partial charge in [0.05, 0.1) is 49.3 Å². The lowest BCUT2D eigenvalue weighted by Gasteiger charge is -2.25. The van der Waals surface area contributed by atoms with Crippen LogP contribution in [0, 0.1) is 5.92 Å². The van der Waals surface area contributed by atoms with Crippen molar-refractivity contribution in [3.63, 3.8) is 0 Å². The Morgan fingerprint density at radius 2 is 1.97 bits per heavy atom. The highest BCUT2D eigenvalue weighted by atomic mass is 32.1. The van der Waals surface area contributed by atoms with E-state index in [2.05, 4.69) is 10.2 Å². The number of fused-ring (bicyclic) bond motifs is 1. The normalized spacial score (nSPS) is 18.4. The van der Waals surface area contributed by atoms with Crippen LogP contribution in [0.4, 0.5) is 16.5 Å². The number of rotatable bonds is 6. The first-order chi connectivity index (χ1) is 16.6. The molecule has 2 amide bonds. The summed E-state index contributed by atoms with van der Waals surface area (Å²) >= 11 is 1.60. The molecule has 1 atom stereocenters. The molecule has 10 heteroatoms. The summed E-state index contributed by atoms with van der Waals surface area (Å²) in [6.07, 6.45) is 0.135. The van der Waals surface area contributed by atoms with Crippen LogP contribution in [0.3, 0.4) is 0 Å². The molecule has 2 fully saturated rings. The van der Waals surface area contributed by atoms with E-state index in [1.54, 1.807) is 48.7 Å². The maximum absolute atomic E-state index is 13.0. The third-order valence-corrected chi connectivity index (χ3v) is 7.18. The maximum Gasteiger partial charge on any atom is 0.229 e. The minimum atomic E-state index is -0.468. The number of anilines is 3. The zero-order valence-corrected chi connectivity index (χ0v) is 19.9. The molecule has 2 aromatic carbocycles. The number of carbonyl (C=O) groups excluding carboxylic acids is 2. The van der Waals surface area contributed by atoms with Crippen LogP contribution >= 0.6 is 11.3 Å². The number of morpholine rings is 1. The Morgan fingerprint density at radius 3 is 2.74 bits per heavy atom. The number of carbonyl (C=O) groups is 2. The smallest absolute Gasteiger partial charge is 0.229 e. The second-order valence-corrected chi connectivity index (χ2v) is 9.22. The van der Waals surface area contributed by atoms with Crippen molar-refractivity contribution in [2.45, 2.75) is 6.42 Å². The van der Waals surface area contributed by atoms with E-state index >= 15 is 0 Å². The van der Waals surface area contributed by atoms with Gasteiger partial charge in [-0.05, 0) is 30.3 Å². The summed E-state index contributed by atoms with van der Waals surface area (Å²) in [5.74, 6) is 0.395. The predicted molar refractivity (Wildman–Crippen MR) is 131 cm³/mol. The summed E-state index contributed by atoms with van der Waals surface area (Å²) in [5.41, 5.74) is 2.19. The molecule has 1 aromatic heterocycles. The molecular weight excluding hydrogens is 456 g/mol. The summed E-state index contributed by atoms with van der Waals surface area (Å²) in [7, 11) is 3.12. The lowest BCUT2D eigenvalue weighted by atomic mass is 10.1. The number of aromatic nitrogens is 1. The largest absolute Gasteiger partial charge is 0.497 e. The van der Waals surface area contributed by atoms with Gasteiger partial charge in [0, 0.05) is 37.8 Å². The number of benzene rings is 2. The van der Waals surface area contributed by atoms with Gasteiger partial charge in [0.15, 0.2) is 5.13 Å². The highest BCUT2D eigenvalue weighted by molar-refractivity contribution is 7.22. The molecule has 1 unspecified atom stereocenters. The Labute approximate surface area is 201 Å². The van der Waals surface area contributed by atoms with E-state index in [1.165, 1.54) is 0 Å². The fraction of sp³-hybridized carbons (Fsp3) is 0.375. The maximum atomic E-state index is 13.0. The molecule has 0 aliphatic carbocycles. The SMILES string of the molecule is COc1ccc(OC)c(N2CC(C(=O)Nc3ccc4nc(N5CCOCC5)sc4c3)CC2=O)c1. The molecule has 1 N–H and O–H groups in total. The van der Waals surface area contributed by atoms with Crippen LogP contribution < -0.4 is 24.6 Å². The Balaban J connectivity index is 1.29. The van der Waals surface area contributed by atoms with Gasteiger partial charge in [0.1, 0.15) is 11.5 Å². The van der Waals surface area contributed by atoms with E-state index in [9.17, 15) is 9.59 Å². The average Bonchev–Trinajstić information content (AvgIpc) is 3.47. The number of hydrogen-bond donors (Lipinski definition) is 1. The fourth-order valence-electron chi connectivity index (χ4n) is 4.25. The first kappa shape index (κ1) is 22.4. The first-order valence-electron chi connectivity index (χ1n) is 11.1. The Bertz CT molecular complexity index is 1220. The molecule has 0 spiro atoms. The van der Waals surface area contributed by atoms with E-state index in [0.717, 1.165) is 28.4 Å². The molecule has 2 saturated heterocycles. The molecule has 0 radical (unpaired) electrons. The van der Waals surface area contributed by atoms with Crippen molar-refractivity contribution in [2.75, 3.05) is 62.2 Å². The number of thiazole rings is 1. The topological polar surface area (TPSA) is 93.2 Å². The molecule has 0 saturated carbocycles. The van der Waals surface area contributed by atoms with Crippen LogP contribution in [0.2, 0.25) is 0 Å². The van der Waals surface area contributed by atoms with Gasteiger partial charge in [0.25, 0.3) is 0 Å². The van der Waals surface area contributed by atoms with Gasteiger partial charge in [-0.2, -0.15) is 0 Å². The predicted octanol–water partition coefficient (Wildman–Crippen LogP) is 3.14. The quantitative estimate of drug-likeness (QED) is 0.577. The second kappa shape index (κ2) is 9.47. The van der Waals surface area contributed by atoms with Gasteiger partial charge in [-0.25, -0.2) is 4.98 Å². The van der Waals surface area contributed by atoms with Gasteiger partial charge in [-0.3, -0.25) is 9.59 Å². The molecule has 2 aliphatic heterocycles. The molecule has 2 aliphatic rings. The molecule has 3 heterocycles. The van der Waals surface area contributed by atoms with Crippen molar-refractivity contribution in [3.8, 4) is 11.5 Å². The molecule has 34 heavy (non-hydrogen) atoms. The Hall–Kier alpha value is -3.37. The van der Waals surface area contributed by atoms with Crippen LogP contribution in [0.1, 0.15) is 6.42 Å². The number of nitrogens with one attached hydrogen (secondary N) is 1. The summed E-state index contributed by atoms with van der Waals surface area (Å²) in [6, 6.07) is 11.0. The summed E-state index contributed by atoms with van der Waals surface area (Å²) in [5, 5.41) is 3.94. The fourth-order valence-corrected chi connectivity index (χ4v) is 5.30. The van der Waals surface area contributed by atoms with Crippen molar-refractivity contribution in [1.82, 2.24) is 4.98 Å². The van der Waals surface area contributed by atoms with Crippen molar-refractivity contribution < 1.29 is 23.8 Å². The Morgan fingerprint density at radius 1 is 1.15 bits per heavy atom. The van der Waals surface area contributed by atoms with Crippen molar-refractivity contribution in [1.29, 1.82) is 0 Å². The minimum absolute atomic E-state index is 0.125. The lowest BCUT2D eigenvalue weighted by Crippen LogP contribution is -2.36. The standard InChI is InChI=1S/C24H26N4O5S/c1-31-17-4-6-20(32-2)19(13-17)28-14-15(11-22(28)29)23(30)25-16-3-5-18-21(12-16)34-24(26-18)27-7-9-33-10-8-27/h3-6,12-13,15H,7-11,14H2,1-2H3,(H,25,30). The molecule has 5 rings (SSSR count). The van der Waals surface area contributed by atoms with Crippen molar-refractivity contribution in [2.24, 2.45) is 5.92 Å². The number of hydrogen-bond acceptors (Lipinski definition) is 8. The summed E-state index contributed by atoms with van der Waals surface area (Å²) in [4.78, 5) is 34.3. The highest BCUT2D eigenvalue weighted by Gasteiger charge is 2.36. The molecule has 9 nitrogen and oxygen atoms in total. The van der Waals surface area contributed by atoms with Crippen LogP contribution in [0.15, 0.2) is 36.4 Å². The zero-order valence-electron chi connectivity index (χ0n) is 19.1. The van der Waals surface area contributed by atoms with Gasteiger partial charge in [0.2, 0.25) is 11.8 Å². The van der Waals surface area contributed by atoms with E-state index in [-0.39, 0.29) is 24.8 Å². The minimum Gasteiger partial charge on any atom is -0.497 e. The van der Waals surface area contributed by atoms with Crippen LogP contribution in [0.5, 0.6) is 11.5 Å². The number of methoxy groups -OCH3 is 2. The monoisotopic (exact) mass is 482 g/mol. The second-order valence-electron chi connectivity index (χ2n) is 8.21. The summed E-state index contributed by atoms with van der Waals surface area (Å²) in [6.45, 7) is 3.34. The van der Waals surface area contributed by atoms with Gasteiger partial charge >= 0.3 is 0 Å². The Kier molecular flexibility index (Phi) is 6.25. The summed E-state index contributed by atoms with van der Waals surface area (Å²) < 4.78 is 17.1. The number of nitrogens with zero attached hydrogens (tertiary/aromatic N) is 3. The molecule has 178 valence electrons. The third kappa shape index (κ3) is 4.38. The van der Waals surface area contributed by atoms with Crippen LogP contribution in [0.25, 0.3) is 10.2 Å². The number of ether oxygens (including phenoxy) is 3. The van der Waals surface area contributed by atoms with E-state index in [4.69, 9.17) is 19.2 Å². The zero-order chi connectivity index (χ0) is 23.7. The third-order valence-electron chi connectivity index (χ3n) is 6.10.